The minimum absolute atomic E-state index is 0.00686. The highest BCUT2D eigenvalue weighted by atomic mass is 16.7. The fraction of sp³-hybridized carbons (Fsp3) is 0.333. The molecule has 2 N–H and O–H groups in total. The van der Waals surface area contributed by atoms with Crippen molar-refractivity contribution in [3.05, 3.63) is 65.6 Å². The van der Waals surface area contributed by atoms with E-state index in [4.69, 9.17) is 19.3 Å². The largest absolute Gasteiger partial charge is 0.491 e. The van der Waals surface area contributed by atoms with Gasteiger partial charge in [0.2, 0.25) is 0 Å². The highest BCUT2D eigenvalue weighted by molar-refractivity contribution is 6.10. The molecule has 1 amide bonds. The molecule has 1 aliphatic carbocycles. The van der Waals surface area contributed by atoms with Gasteiger partial charge in [-0.05, 0) is 42.2 Å². The van der Waals surface area contributed by atoms with Crippen molar-refractivity contribution in [3.63, 3.8) is 0 Å². The summed E-state index contributed by atoms with van der Waals surface area (Å²) in [5, 5.41) is 13.3. The standard InChI is InChI=1S/C27H26N6O4/c1-35-22-13-28-23(16-9-10-37-14-16)29-25(22)30-24-17-8-7-15(11-20(17)31-32-24)19-12-27(19)18-5-3-4-6-21(18)33(36-2)26(27)34/h3-8,11,13,16,19H,9-10,12,14H2,1-2H3,(H2,28,29,30,31,32). The van der Waals surface area contributed by atoms with Crippen LogP contribution in [0.25, 0.3) is 10.9 Å². The molecule has 1 saturated heterocycles. The summed E-state index contributed by atoms with van der Waals surface area (Å²) in [6, 6.07) is 14.1. The molecule has 3 unspecified atom stereocenters. The zero-order valence-corrected chi connectivity index (χ0v) is 20.5. The molecule has 2 aromatic carbocycles. The predicted molar refractivity (Wildman–Crippen MR) is 136 cm³/mol. The van der Waals surface area contributed by atoms with Gasteiger partial charge in [0.15, 0.2) is 17.4 Å². The molecule has 1 spiro atoms. The first kappa shape index (κ1) is 22.2. The second kappa shape index (κ2) is 8.25. The summed E-state index contributed by atoms with van der Waals surface area (Å²) in [6.45, 7) is 1.34. The van der Waals surface area contributed by atoms with Crippen molar-refractivity contribution >= 4 is 34.1 Å². The van der Waals surface area contributed by atoms with Crippen molar-refractivity contribution in [1.29, 1.82) is 0 Å². The minimum Gasteiger partial charge on any atom is -0.491 e. The number of H-pyrrole nitrogens is 1. The molecule has 3 aliphatic rings. The Morgan fingerprint density at radius 1 is 1.19 bits per heavy atom. The molecule has 1 saturated carbocycles. The average molecular weight is 499 g/mol. The van der Waals surface area contributed by atoms with Crippen LogP contribution >= 0.6 is 0 Å². The second-order valence-electron chi connectivity index (χ2n) is 9.74. The third kappa shape index (κ3) is 3.25. The van der Waals surface area contributed by atoms with Gasteiger partial charge in [-0.25, -0.2) is 9.97 Å². The molecule has 0 bridgehead atoms. The first-order valence-corrected chi connectivity index (χ1v) is 12.4. The summed E-state index contributed by atoms with van der Waals surface area (Å²) in [7, 11) is 3.13. The number of hydrogen-bond donors (Lipinski definition) is 2. The van der Waals surface area contributed by atoms with Gasteiger partial charge in [-0.1, -0.05) is 24.3 Å². The normalized spacial score (nSPS) is 24.2. The lowest BCUT2D eigenvalue weighted by molar-refractivity contribution is -0.126. The molecule has 0 radical (unpaired) electrons. The van der Waals surface area contributed by atoms with Gasteiger partial charge < -0.3 is 14.8 Å². The smallest absolute Gasteiger partial charge is 0.262 e. The van der Waals surface area contributed by atoms with Gasteiger partial charge in [0.1, 0.15) is 5.82 Å². The summed E-state index contributed by atoms with van der Waals surface area (Å²) in [6.07, 6.45) is 3.33. The van der Waals surface area contributed by atoms with Gasteiger partial charge in [-0.15, -0.1) is 0 Å². The Bertz CT molecular complexity index is 1530. The highest BCUT2D eigenvalue weighted by Crippen LogP contribution is 2.66. The van der Waals surface area contributed by atoms with Crippen LogP contribution in [0, 0.1) is 0 Å². The zero-order valence-electron chi connectivity index (χ0n) is 20.5. The molecule has 188 valence electrons. The SMILES string of the molecule is COc1cnc(C2CCOC2)nc1Nc1n[nH]c2cc(C3CC34C(=O)N(OC)c3ccccc34)ccc12. The number of amides is 1. The number of hydrogen-bond acceptors (Lipinski definition) is 8. The van der Waals surface area contributed by atoms with Crippen LogP contribution in [0.15, 0.2) is 48.7 Å². The molecule has 2 aliphatic heterocycles. The number of ether oxygens (including phenoxy) is 2. The Morgan fingerprint density at radius 3 is 2.89 bits per heavy atom. The quantitative estimate of drug-likeness (QED) is 0.411. The zero-order chi connectivity index (χ0) is 25.1. The Morgan fingerprint density at radius 2 is 2.08 bits per heavy atom. The molecular weight excluding hydrogens is 472 g/mol. The molecule has 7 rings (SSSR count). The van der Waals surface area contributed by atoms with Crippen molar-refractivity contribution in [3.8, 4) is 5.75 Å². The average Bonchev–Trinajstić information content (AvgIpc) is 3.20. The highest BCUT2D eigenvalue weighted by Gasteiger charge is 2.67. The van der Waals surface area contributed by atoms with Crippen LogP contribution in [0.1, 0.15) is 41.6 Å². The van der Waals surface area contributed by atoms with Gasteiger partial charge >= 0.3 is 0 Å². The minimum atomic E-state index is -0.573. The fourth-order valence-electron chi connectivity index (χ4n) is 5.83. The van der Waals surface area contributed by atoms with Gasteiger partial charge in [-0.2, -0.15) is 10.2 Å². The van der Waals surface area contributed by atoms with Gasteiger partial charge in [0, 0.05) is 23.8 Å². The second-order valence-corrected chi connectivity index (χ2v) is 9.74. The van der Waals surface area contributed by atoms with Gasteiger partial charge in [0.05, 0.1) is 43.6 Å². The molecular formula is C27H26N6O4. The van der Waals surface area contributed by atoms with Crippen molar-refractivity contribution in [1.82, 2.24) is 20.2 Å². The number of carbonyl (C=O) groups excluding carboxylic acids is 1. The topological polar surface area (TPSA) is 114 Å². The Hall–Kier alpha value is -4.02. The monoisotopic (exact) mass is 498 g/mol. The maximum absolute atomic E-state index is 13.4. The number of nitrogens with one attached hydrogen (secondary N) is 2. The molecule has 2 aromatic heterocycles. The van der Waals surface area contributed by atoms with Gasteiger partial charge in [0.25, 0.3) is 5.91 Å². The number of anilines is 3. The number of aromatic nitrogens is 4. The van der Waals surface area contributed by atoms with Crippen LogP contribution in [-0.2, 0) is 19.8 Å². The number of carbonyl (C=O) groups is 1. The number of nitrogens with zero attached hydrogens (tertiary/aromatic N) is 4. The van der Waals surface area contributed by atoms with Crippen molar-refractivity contribution in [2.75, 3.05) is 37.8 Å². The molecule has 4 aromatic rings. The predicted octanol–water partition coefficient (Wildman–Crippen LogP) is 3.94. The number of para-hydroxylation sites is 1. The molecule has 10 nitrogen and oxygen atoms in total. The van der Waals surface area contributed by atoms with E-state index < -0.39 is 5.41 Å². The number of hydroxylamine groups is 1. The van der Waals surface area contributed by atoms with Crippen molar-refractivity contribution in [2.45, 2.75) is 30.1 Å². The molecule has 37 heavy (non-hydrogen) atoms. The van der Waals surface area contributed by atoms with E-state index in [1.165, 1.54) is 12.2 Å². The van der Waals surface area contributed by atoms with E-state index in [0.29, 0.717) is 24.0 Å². The van der Waals surface area contributed by atoms with E-state index in [0.717, 1.165) is 53.0 Å². The summed E-state index contributed by atoms with van der Waals surface area (Å²) in [5.41, 5.74) is 3.25. The van der Waals surface area contributed by atoms with E-state index in [2.05, 4.69) is 32.6 Å². The molecule has 4 heterocycles. The molecule has 10 heteroatoms. The van der Waals surface area contributed by atoms with Crippen LogP contribution in [0.4, 0.5) is 17.3 Å². The van der Waals surface area contributed by atoms with E-state index >= 15 is 0 Å². The molecule has 2 fully saturated rings. The number of fused-ring (bicyclic) bond motifs is 3. The Kier molecular flexibility index (Phi) is 4.95. The number of methoxy groups -OCH3 is 1. The fourth-order valence-corrected chi connectivity index (χ4v) is 5.83. The lowest BCUT2D eigenvalue weighted by Gasteiger charge is -2.14. The van der Waals surface area contributed by atoms with E-state index in [-0.39, 0.29) is 17.7 Å². The molecule has 3 atom stereocenters. The van der Waals surface area contributed by atoms with Crippen LogP contribution in [0.3, 0.4) is 0 Å². The maximum atomic E-state index is 13.4. The summed E-state index contributed by atoms with van der Waals surface area (Å²) < 4.78 is 11.0. The van der Waals surface area contributed by atoms with Crippen molar-refractivity contribution in [2.24, 2.45) is 0 Å². The van der Waals surface area contributed by atoms with Crippen LogP contribution in [0.5, 0.6) is 5.75 Å². The van der Waals surface area contributed by atoms with Crippen LogP contribution in [0.2, 0.25) is 0 Å². The first-order valence-electron chi connectivity index (χ1n) is 12.4. The maximum Gasteiger partial charge on any atom is 0.262 e. The van der Waals surface area contributed by atoms with Crippen molar-refractivity contribution < 1.29 is 19.1 Å². The van der Waals surface area contributed by atoms with E-state index in [9.17, 15) is 4.79 Å². The van der Waals surface area contributed by atoms with Gasteiger partial charge in [-0.3, -0.25) is 14.7 Å². The lowest BCUT2D eigenvalue weighted by Crippen LogP contribution is -2.31. The Balaban J connectivity index is 1.19. The number of benzene rings is 2. The van der Waals surface area contributed by atoms with E-state index in [1.807, 2.05) is 30.3 Å². The van der Waals surface area contributed by atoms with Crippen LogP contribution in [-0.4, -0.2) is 53.5 Å². The summed E-state index contributed by atoms with van der Waals surface area (Å²) in [4.78, 5) is 28.0. The number of rotatable bonds is 6. The third-order valence-corrected chi connectivity index (χ3v) is 7.83. The van der Waals surface area contributed by atoms with Crippen LogP contribution < -0.4 is 15.1 Å². The Labute approximate surface area is 212 Å². The first-order chi connectivity index (χ1) is 18.1. The summed E-state index contributed by atoms with van der Waals surface area (Å²) in [5.74, 6) is 2.71. The van der Waals surface area contributed by atoms with E-state index in [1.54, 1.807) is 13.3 Å². The number of aromatic amines is 1. The summed E-state index contributed by atoms with van der Waals surface area (Å²) >= 11 is 0. The lowest BCUT2D eigenvalue weighted by atomic mass is 9.92. The third-order valence-electron chi connectivity index (χ3n) is 7.83.